The Morgan fingerprint density at radius 1 is 1.15 bits per heavy atom. The molecule has 1 aliphatic carbocycles. The third-order valence-corrected chi connectivity index (χ3v) is 6.45. The van der Waals surface area contributed by atoms with Crippen molar-refractivity contribution >= 4 is 15.9 Å². The number of ether oxygens (including phenoxy) is 1. The molecule has 0 saturated heterocycles. The molecule has 0 radical (unpaired) electrons. The van der Waals surface area contributed by atoms with Crippen molar-refractivity contribution < 1.29 is 17.9 Å². The Hall–Kier alpha value is -1.60. The molecule has 2 N–H and O–H groups in total. The van der Waals surface area contributed by atoms with E-state index in [1.807, 2.05) is 13.8 Å². The molecule has 6 nitrogen and oxygen atoms in total. The highest BCUT2D eigenvalue weighted by Crippen LogP contribution is 2.19. The predicted octanol–water partition coefficient (Wildman–Crippen LogP) is 3.37. The summed E-state index contributed by atoms with van der Waals surface area (Å²) in [5.74, 6) is 0.343. The molecule has 0 aromatic heterocycles. The molecule has 1 aliphatic rings. The van der Waals surface area contributed by atoms with E-state index in [0.29, 0.717) is 5.75 Å². The molecule has 1 saturated carbocycles. The molecular formula is C20H32N2O4S. The lowest BCUT2D eigenvalue weighted by atomic mass is 9.95. The van der Waals surface area contributed by atoms with E-state index in [9.17, 15) is 13.2 Å². The fourth-order valence-electron chi connectivity index (χ4n) is 3.35. The van der Waals surface area contributed by atoms with E-state index < -0.39 is 16.1 Å². The molecule has 1 aromatic rings. The topological polar surface area (TPSA) is 84.5 Å². The van der Waals surface area contributed by atoms with Crippen LogP contribution in [0, 0.1) is 0 Å². The molecule has 1 amide bonds. The summed E-state index contributed by atoms with van der Waals surface area (Å²) in [5, 5.41) is 3.04. The van der Waals surface area contributed by atoms with Crippen molar-refractivity contribution in [2.45, 2.75) is 88.8 Å². The largest absolute Gasteiger partial charge is 0.481 e. The summed E-state index contributed by atoms with van der Waals surface area (Å²) in [6.45, 7) is 5.57. The van der Waals surface area contributed by atoms with Gasteiger partial charge in [-0.25, -0.2) is 13.1 Å². The van der Waals surface area contributed by atoms with Gasteiger partial charge in [-0.15, -0.1) is 0 Å². The van der Waals surface area contributed by atoms with E-state index in [2.05, 4.69) is 10.0 Å². The van der Waals surface area contributed by atoms with Crippen LogP contribution in [0.15, 0.2) is 29.2 Å². The third kappa shape index (κ3) is 6.81. The quantitative estimate of drug-likeness (QED) is 0.670. The molecule has 0 aliphatic heterocycles. The zero-order valence-electron chi connectivity index (χ0n) is 16.5. The van der Waals surface area contributed by atoms with Crippen LogP contribution in [0.1, 0.15) is 65.7 Å². The lowest BCUT2D eigenvalue weighted by molar-refractivity contribution is -0.128. The van der Waals surface area contributed by atoms with Crippen molar-refractivity contribution in [2.24, 2.45) is 0 Å². The van der Waals surface area contributed by atoms with Crippen molar-refractivity contribution in [2.75, 3.05) is 0 Å². The van der Waals surface area contributed by atoms with Crippen LogP contribution in [0.25, 0.3) is 0 Å². The summed E-state index contributed by atoms with van der Waals surface area (Å²) in [4.78, 5) is 12.5. The maximum Gasteiger partial charge on any atom is 0.260 e. The first-order chi connectivity index (χ1) is 12.8. The summed E-state index contributed by atoms with van der Waals surface area (Å²) in [7, 11) is -3.55. The Balaban J connectivity index is 1.91. The van der Waals surface area contributed by atoms with Crippen molar-refractivity contribution in [1.29, 1.82) is 0 Å². The molecule has 152 valence electrons. The number of hydrogen-bond acceptors (Lipinski definition) is 4. The molecule has 0 unspecified atom stereocenters. The average molecular weight is 397 g/mol. The van der Waals surface area contributed by atoms with Gasteiger partial charge in [0.2, 0.25) is 10.0 Å². The van der Waals surface area contributed by atoms with Gasteiger partial charge in [-0.1, -0.05) is 32.6 Å². The van der Waals surface area contributed by atoms with Gasteiger partial charge in [-0.2, -0.15) is 0 Å². The predicted molar refractivity (Wildman–Crippen MR) is 106 cm³/mol. The second-order valence-corrected chi connectivity index (χ2v) is 9.10. The Kier molecular flexibility index (Phi) is 8.10. The number of rotatable bonds is 9. The highest BCUT2D eigenvalue weighted by Gasteiger charge is 2.21. The minimum Gasteiger partial charge on any atom is -0.481 e. The van der Waals surface area contributed by atoms with Crippen molar-refractivity contribution in [3.05, 3.63) is 24.3 Å². The van der Waals surface area contributed by atoms with Gasteiger partial charge in [0, 0.05) is 12.1 Å². The van der Waals surface area contributed by atoms with Crippen LogP contribution in [0.5, 0.6) is 5.75 Å². The molecule has 7 heteroatoms. The van der Waals surface area contributed by atoms with Gasteiger partial charge in [-0.3, -0.25) is 4.79 Å². The monoisotopic (exact) mass is 396 g/mol. The van der Waals surface area contributed by atoms with Crippen molar-refractivity contribution in [3.63, 3.8) is 0 Å². The van der Waals surface area contributed by atoms with E-state index in [-0.39, 0.29) is 22.9 Å². The molecule has 1 aromatic carbocycles. The number of sulfonamides is 1. The number of carbonyl (C=O) groups excluding carboxylic acids is 1. The van der Waals surface area contributed by atoms with Crippen LogP contribution in [0.4, 0.5) is 0 Å². The minimum atomic E-state index is -3.55. The molecule has 2 atom stereocenters. The second kappa shape index (κ2) is 10.1. The average Bonchev–Trinajstić information content (AvgIpc) is 2.62. The van der Waals surface area contributed by atoms with Gasteiger partial charge in [-0.05, 0) is 57.4 Å². The summed E-state index contributed by atoms with van der Waals surface area (Å²) in [6.07, 6.45) is 6.66. The highest BCUT2D eigenvalue weighted by molar-refractivity contribution is 7.89. The van der Waals surface area contributed by atoms with Crippen LogP contribution in [-0.4, -0.2) is 32.5 Å². The van der Waals surface area contributed by atoms with Gasteiger partial charge < -0.3 is 10.1 Å². The van der Waals surface area contributed by atoms with Crippen molar-refractivity contribution in [1.82, 2.24) is 10.0 Å². The summed E-state index contributed by atoms with van der Waals surface area (Å²) < 4.78 is 33.1. The fourth-order valence-corrected chi connectivity index (χ4v) is 4.62. The SMILES string of the molecule is CCC[C@H](C)NS(=O)(=O)c1ccc(O[C@H](C)C(=O)NC2CCCCC2)cc1. The number of hydrogen-bond donors (Lipinski definition) is 2. The van der Waals surface area contributed by atoms with Crippen LogP contribution < -0.4 is 14.8 Å². The van der Waals surface area contributed by atoms with Crippen LogP contribution >= 0.6 is 0 Å². The smallest absolute Gasteiger partial charge is 0.260 e. The van der Waals surface area contributed by atoms with Gasteiger partial charge in [0.1, 0.15) is 5.75 Å². The van der Waals surface area contributed by atoms with Crippen LogP contribution in [-0.2, 0) is 14.8 Å². The Morgan fingerprint density at radius 2 is 1.78 bits per heavy atom. The Labute approximate surface area is 163 Å². The number of benzene rings is 1. The first-order valence-electron chi connectivity index (χ1n) is 9.91. The second-order valence-electron chi connectivity index (χ2n) is 7.39. The van der Waals surface area contributed by atoms with E-state index in [0.717, 1.165) is 38.5 Å². The lowest BCUT2D eigenvalue weighted by Gasteiger charge is -2.24. The standard InChI is InChI=1S/C20H32N2O4S/c1-4-8-15(2)22-27(24,25)19-13-11-18(12-14-19)26-16(3)20(23)21-17-9-6-5-7-10-17/h11-17,22H,4-10H2,1-3H3,(H,21,23)/t15-,16+/m0/s1. The summed E-state index contributed by atoms with van der Waals surface area (Å²) in [5.41, 5.74) is 0. The highest BCUT2D eigenvalue weighted by atomic mass is 32.2. The maximum absolute atomic E-state index is 12.4. The molecule has 0 bridgehead atoms. The first-order valence-corrected chi connectivity index (χ1v) is 11.4. The molecular weight excluding hydrogens is 364 g/mol. The lowest BCUT2D eigenvalue weighted by Crippen LogP contribution is -2.43. The zero-order chi connectivity index (χ0) is 19.9. The molecule has 2 rings (SSSR count). The van der Waals surface area contributed by atoms with Gasteiger partial charge in [0.15, 0.2) is 6.10 Å². The van der Waals surface area contributed by atoms with Gasteiger partial charge in [0.05, 0.1) is 4.90 Å². The van der Waals surface area contributed by atoms with E-state index >= 15 is 0 Å². The zero-order valence-corrected chi connectivity index (χ0v) is 17.3. The Morgan fingerprint density at radius 3 is 2.37 bits per heavy atom. The summed E-state index contributed by atoms with van der Waals surface area (Å²) in [6, 6.07) is 6.30. The van der Waals surface area contributed by atoms with Crippen LogP contribution in [0.2, 0.25) is 0 Å². The number of carbonyl (C=O) groups is 1. The van der Waals surface area contributed by atoms with E-state index in [4.69, 9.17) is 4.74 Å². The normalized spacial score (nSPS) is 17.9. The van der Waals surface area contributed by atoms with E-state index in [1.54, 1.807) is 19.1 Å². The van der Waals surface area contributed by atoms with Crippen LogP contribution in [0.3, 0.4) is 0 Å². The first kappa shape index (κ1) is 21.7. The summed E-state index contributed by atoms with van der Waals surface area (Å²) >= 11 is 0. The number of nitrogens with one attached hydrogen (secondary N) is 2. The van der Waals surface area contributed by atoms with Gasteiger partial charge in [0.25, 0.3) is 5.91 Å². The van der Waals surface area contributed by atoms with Crippen molar-refractivity contribution in [3.8, 4) is 5.75 Å². The third-order valence-electron chi connectivity index (χ3n) is 4.85. The molecule has 27 heavy (non-hydrogen) atoms. The molecule has 0 spiro atoms. The molecule has 1 fully saturated rings. The minimum absolute atomic E-state index is 0.112. The van der Waals surface area contributed by atoms with Gasteiger partial charge >= 0.3 is 0 Å². The fraction of sp³-hybridized carbons (Fsp3) is 0.650. The number of amides is 1. The maximum atomic E-state index is 12.4. The van der Waals surface area contributed by atoms with E-state index in [1.165, 1.54) is 18.6 Å². The Bertz CT molecular complexity index is 697. The molecule has 0 heterocycles.